The first-order chi connectivity index (χ1) is 14.6. The van der Waals surface area contributed by atoms with E-state index in [1.165, 1.54) is 28.9 Å². The van der Waals surface area contributed by atoms with E-state index in [0.717, 1.165) is 0 Å². The van der Waals surface area contributed by atoms with Crippen LogP contribution >= 0.6 is 11.8 Å². The number of imidazole rings is 1. The number of hydrogen-bond donors (Lipinski definition) is 5. The lowest BCUT2D eigenvalue weighted by Crippen LogP contribution is -2.56. The second-order valence-corrected chi connectivity index (χ2v) is 8.60. The molecular weight excluding hydrogens is 422 g/mol. The average Bonchev–Trinajstić information content (AvgIpc) is 3.17. The average molecular weight is 456 g/mol. The predicted molar refractivity (Wildman–Crippen MR) is 119 cm³/mol. The zero-order valence-electron chi connectivity index (χ0n) is 18.2. The number of amides is 3. The first-order valence-corrected chi connectivity index (χ1v) is 11.4. The van der Waals surface area contributed by atoms with Crippen LogP contribution in [0.25, 0.3) is 0 Å². The maximum Gasteiger partial charge on any atom is 0.245 e. The summed E-state index contributed by atoms with van der Waals surface area (Å²) in [7, 11) is 0. The van der Waals surface area contributed by atoms with E-state index in [2.05, 4.69) is 15.6 Å². The van der Waals surface area contributed by atoms with E-state index in [1.807, 2.05) is 20.1 Å². The second kappa shape index (κ2) is 13.1. The highest BCUT2D eigenvalue weighted by molar-refractivity contribution is 7.98. The summed E-state index contributed by atoms with van der Waals surface area (Å²) in [6, 6.07) is -2.67. The summed E-state index contributed by atoms with van der Waals surface area (Å²) in [5, 5.41) is 5.28. The van der Waals surface area contributed by atoms with Gasteiger partial charge in [-0.25, -0.2) is 4.98 Å². The summed E-state index contributed by atoms with van der Waals surface area (Å²) >= 11 is 1.53. The fourth-order valence-electron chi connectivity index (χ4n) is 2.80. The maximum atomic E-state index is 12.7. The van der Waals surface area contributed by atoms with Crippen molar-refractivity contribution in [3.8, 4) is 0 Å². The van der Waals surface area contributed by atoms with Crippen molar-refractivity contribution >= 4 is 35.4 Å². The molecule has 0 saturated heterocycles. The van der Waals surface area contributed by atoms with Gasteiger partial charge in [-0.3, -0.25) is 23.7 Å². The maximum absolute atomic E-state index is 12.7. The highest BCUT2D eigenvalue weighted by Crippen LogP contribution is 2.08. The largest absolute Gasteiger partial charge is 0.368 e. The summed E-state index contributed by atoms with van der Waals surface area (Å²) in [6.45, 7) is 3.65. The van der Waals surface area contributed by atoms with Crippen molar-refractivity contribution < 1.29 is 19.2 Å². The number of aromatic nitrogens is 2. The Kier molecular flexibility index (Phi) is 11.2. The summed E-state index contributed by atoms with van der Waals surface area (Å²) in [4.78, 5) is 52.6. The zero-order chi connectivity index (χ0) is 23.6. The lowest BCUT2D eigenvalue weighted by atomic mass is 10.0. The van der Waals surface area contributed by atoms with Crippen LogP contribution in [0.1, 0.15) is 37.2 Å². The van der Waals surface area contributed by atoms with Gasteiger partial charge in [-0.1, -0.05) is 13.8 Å². The minimum absolute atomic E-state index is 0.0737. The van der Waals surface area contributed by atoms with Crippen molar-refractivity contribution in [2.45, 2.75) is 51.2 Å². The van der Waals surface area contributed by atoms with E-state index in [9.17, 15) is 19.2 Å². The lowest BCUT2D eigenvalue weighted by Gasteiger charge is -2.24. The number of thioether (sulfide) groups is 1. The van der Waals surface area contributed by atoms with Gasteiger partial charge in [0.2, 0.25) is 23.6 Å². The molecule has 0 fully saturated rings. The minimum Gasteiger partial charge on any atom is -0.368 e. The van der Waals surface area contributed by atoms with E-state index in [4.69, 9.17) is 17.2 Å². The Morgan fingerprint density at radius 2 is 1.81 bits per heavy atom. The van der Waals surface area contributed by atoms with Crippen LogP contribution in [-0.4, -0.2) is 69.9 Å². The molecule has 1 aromatic rings. The molecule has 0 radical (unpaired) electrons. The van der Waals surface area contributed by atoms with Gasteiger partial charge >= 0.3 is 0 Å². The van der Waals surface area contributed by atoms with Gasteiger partial charge in [0.05, 0.1) is 18.3 Å². The number of hydrogen-bond acceptors (Lipinski definition) is 8. The molecule has 0 spiro atoms. The van der Waals surface area contributed by atoms with Gasteiger partial charge < -0.3 is 27.8 Å². The fraction of sp³-hybridized carbons (Fsp3) is 0.632. The molecule has 0 saturated carbocycles. The van der Waals surface area contributed by atoms with Crippen LogP contribution < -0.4 is 27.8 Å². The summed E-state index contributed by atoms with van der Waals surface area (Å²) in [5.41, 5.74) is 17.1. The normalized spacial score (nSPS) is 14.0. The Balaban J connectivity index is 2.79. The molecule has 1 heterocycles. The number of nitrogens with zero attached hydrogens (tertiary/aromatic N) is 2. The van der Waals surface area contributed by atoms with Crippen molar-refractivity contribution in [2.24, 2.45) is 23.1 Å². The lowest BCUT2D eigenvalue weighted by molar-refractivity contribution is -0.132. The molecule has 11 nitrogen and oxygen atoms in total. The van der Waals surface area contributed by atoms with Crippen molar-refractivity contribution in [1.29, 1.82) is 0 Å². The van der Waals surface area contributed by atoms with E-state index in [-0.39, 0.29) is 24.8 Å². The summed E-state index contributed by atoms with van der Waals surface area (Å²) in [6.07, 6.45) is 5.49. The van der Waals surface area contributed by atoms with E-state index >= 15 is 0 Å². The molecule has 3 atom stereocenters. The van der Waals surface area contributed by atoms with Crippen LogP contribution in [-0.2, 0) is 20.8 Å². The highest BCUT2D eigenvalue weighted by Gasteiger charge is 2.28. The molecule has 174 valence electrons. The SMILES string of the molecule is CSCC[C@H](NC(=O)[C@H](CC(C)C)NC(=O)[C@@H](N)Cc1cn(C(=O)CN)cn1)C(N)=O. The minimum atomic E-state index is -0.984. The molecule has 31 heavy (non-hydrogen) atoms. The van der Waals surface area contributed by atoms with Gasteiger partial charge in [-0.2, -0.15) is 11.8 Å². The van der Waals surface area contributed by atoms with Crippen LogP contribution in [0, 0.1) is 5.92 Å². The number of carbonyl (C=O) groups is 4. The van der Waals surface area contributed by atoms with Crippen molar-refractivity contribution in [1.82, 2.24) is 20.2 Å². The fourth-order valence-corrected chi connectivity index (χ4v) is 3.28. The number of nitrogens with two attached hydrogens (primary N) is 3. The molecule has 0 aliphatic heterocycles. The molecule has 3 amide bonds. The molecule has 0 aromatic carbocycles. The topological polar surface area (TPSA) is 188 Å². The van der Waals surface area contributed by atoms with Gasteiger partial charge in [0, 0.05) is 12.6 Å². The van der Waals surface area contributed by atoms with Crippen molar-refractivity contribution in [2.75, 3.05) is 18.6 Å². The Labute approximate surface area is 186 Å². The van der Waals surface area contributed by atoms with E-state index in [0.29, 0.717) is 24.3 Å². The third-order valence-electron chi connectivity index (χ3n) is 4.48. The third kappa shape index (κ3) is 9.07. The van der Waals surface area contributed by atoms with Crippen molar-refractivity contribution in [3.05, 3.63) is 18.2 Å². The number of nitrogens with one attached hydrogen (secondary N) is 2. The summed E-state index contributed by atoms with van der Waals surface area (Å²) < 4.78 is 1.23. The third-order valence-corrected chi connectivity index (χ3v) is 5.12. The van der Waals surface area contributed by atoms with E-state index < -0.39 is 35.8 Å². The Morgan fingerprint density at radius 1 is 1.16 bits per heavy atom. The van der Waals surface area contributed by atoms with Gasteiger partial charge in [0.1, 0.15) is 18.4 Å². The molecule has 0 aliphatic rings. The van der Waals surface area contributed by atoms with Gasteiger partial charge in [-0.15, -0.1) is 0 Å². The molecule has 0 bridgehead atoms. The summed E-state index contributed by atoms with van der Waals surface area (Å²) in [5.74, 6) is -1.24. The first-order valence-electron chi connectivity index (χ1n) is 9.99. The monoisotopic (exact) mass is 455 g/mol. The molecule has 0 aliphatic carbocycles. The quantitative estimate of drug-likeness (QED) is 0.240. The van der Waals surface area contributed by atoms with Crippen LogP contribution in [0.3, 0.4) is 0 Å². The van der Waals surface area contributed by atoms with Crippen LogP contribution in [0.5, 0.6) is 0 Å². The molecule has 0 unspecified atom stereocenters. The number of carbonyl (C=O) groups excluding carboxylic acids is 4. The molecule has 12 heteroatoms. The second-order valence-electron chi connectivity index (χ2n) is 7.62. The molecule has 1 rings (SSSR count). The van der Waals surface area contributed by atoms with Crippen molar-refractivity contribution in [3.63, 3.8) is 0 Å². The molecule has 8 N–H and O–H groups in total. The Bertz CT molecular complexity index is 768. The molecule has 1 aromatic heterocycles. The predicted octanol–water partition coefficient (Wildman–Crippen LogP) is -1.39. The van der Waals surface area contributed by atoms with Gasteiger partial charge in [0.25, 0.3) is 0 Å². The van der Waals surface area contributed by atoms with Crippen LogP contribution in [0.15, 0.2) is 12.5 Å². The number of rotatable bonds is 13. The Hall–Kier alpha value is -2.44. The van der Waals surface area contributed by atoms with Gasteiger partial charge in [0.15, 0.2) is 0 Å². The Morgan fingerprint density at radius 3 is 2.35 bits per heavy atom. The zero-order valence-corrected chi connectivity index (χ0v) is 19.0. The van der Waals surface area contributed by atoms with Crippen LogP contribution in [0.2, 0.25) is 0 Å². The first kappa shape index (κ1) is 26.6. The standard InChI is InChI=1S/C19H33N7O4S/c1-11(2)6-15(19(30)24-14(17(22)28)4-5-31-3)25-18(29)13(21)7-12-9-26(10-23-12)16(27)8-20/h9-11,13-15H,4-8,20-21H2,1-3H3,(H2,22,28)(H,24,30)(H,25,29)/t13-,14-,15-/m0/s1. The van der Waals surface area contributed by atoms with E-state index in [1.54, 1.807) is 0 Å². The molecular formula is C19H33N7O4S. The smallest absolute Gasteiger partial charge is 0.245 e. The number of primary amides is 1. The van der Waals surface area contributed by atoms with Gasteiger partial charge in [-0.05, 0) is 30.8 Å². The highest BCUT2D eigenvalue weighted by atomic mass is 32.2. The van der Waals surface area contributed by atoms with Crippen LogP contribution in [0.4, 0.5) is 0 Å².